The van der Waals surface area contributed by atoms with E-state index in [-0.39, 0.29) is 40.7 Å². The fraction of sp³-hybridized carbons (Fsp3) is 0.757. The van der Waals surface area contributed by atoms with Crippen molar-refractivity contribution in [2.45, 2.75) is 116 Å². The molecule has 0 aliphatic carbocycles. The van der Waals surface area contributed by atoms with Crippen molar-refractivity contribution >= 4 is 22.8 Å². The number of amides is 1. The fourth-order valence-electron chi connectivity index (χ4n) is 8.76. The second-order valence-electron chi connectivity index (χ2n) is 15.9. The summed E-state index contributed by atoms with van der Waals surface area (Å²) in [4.78, 5) is 27.7. The van der Waals surface area contributed by atoms with Gasteiger partial charge in [0.15, 0.2) is 5.82 Å². The molecular formula is C37H56F2N6O3. The molecule has 1 aromatic heterocycles. The topological polar surface area (TPSA) is 83.1 Å². The number of benzene rings is 1. The van der Waals surface area contributed by atoms with Crippen molar-refractivity contribution in [3.8, 4) is 6.01 Å². The summed E-state index contributed by atoms with van der Waals surface area (Å²) in [6, 6.07) is 2.37. The van der Waals surface area contributed by atoms with Crippen LogP contribution >= 0.6 is 0 Å². The number of piperazine rings is 1. The van der Waals surface area contributed by atoms with Crippen molar-refractivity contribution in [3.05, 3.63) is 23.3 Å². The van der Waals surface area contributed by atoms with E-state index in [9.17, 15) is 4.79 Å². The Balaban J connectivity index is 1.28. The number of anilines is 1. The van der Waals surface area contributed by atoms with Crippen LogP contribution in [-0.4, -0.2) is 96.5 Å². The highest BCUT2D eigenvalue weighted by molar-refractivity contribution is 5.91. The zero-order valence-electron chi connectivity index (χ0n) is 30.0. The van der Waals surface area contributed by atoms with Crippen molar-refractivity contribution in [1.29, 1.82) is 0 Å². The molecule has 48 heavy (non-hydrogen) atoms. The van der Waals surface area contributed by atoms with E-state index in [2.05, 4.69) is 47.8 Å². The van der Waals surface area contributed by atoms with Gasteiger partial charge in [-0.1, -0.05) is 34.6 Å². The van der Waals surface area contributed by atoms with Gasteiger partial charge in [-0.15, -0.1) is 0 Å². The van der Waals surface area contributed by atoms with Crippen LogP contribution in [0, 0.1) is 29.4 Å². The Bertz CT molecular complexity index is 1460. The first-order valence-corrected chi connectivity index (χ1v) is 18.3. The molecule has 9 nitrogen and oxygen atoms in total. The molecular weight excluding hydrogens is 614 g/mol. The molecule has 1 amide bonds. The predicted molar refractivity (Wildman–Crippen MR) is 185 cm³/mol. The van der Waals surface area contributed by atoms with Crippen molar-refractivity contribution in [2.24, 2.45) is 17.8 Å². The minimum atomic E-state index is -0.599. The number of ether oxygens (including phenoxy) is 2. The summed E-state index contributed by atoms with van der Waals surface area (Å²) in [5.74, 6) is 0.679. The molecule has 4 unspecified atom stereocenters. The van der Waals surface area contributed by atoms with Crippen LogP contribution in [-0.2, 0) is 4.74 Å². The van der Waals surface area contributed by atoms with Gasteiger partial charge in [-0.25, -0.2) is 13.6 Å². The fourth-order valence-corrected chi connectivity index (χ4v) is 8.76. The van der Waals surface area contributed by atoms with E-state index >= 15 is 8.78 Å². The van der Waals surface area contributed by atoms with Crippen molar-refractivity contribution in [3.63, 3.8) is 0 Å². The van der Waals surface area contributed by atoms with E-state index in [0.29, 0.717) is 60.7 Å². The van der Waals surface area contributed by atoms with Gasteiger partial charge in [0.25, 0.3) is 0 Å². The average molecular weight is 671 g/mol. The summed E-state index contributed by atoms with van der Waals surface area (Å²) >= 11 is 0. The Morgan fingerprint density at radius 2 is 1.79 bits per heavy atom. The molecule has 4 aliphatic heterocycles. The summed E-state index contributed by atoms with van der Waals surface area (Å²) in [6.45, 7) is 13.9. The highest BCUT2D eigenvalue weighted by Gasteiger charge is 2.50. The summed E-state index contributed by atoms with van der Waals surface area (Å²) < 4.78 is 44.6. The maximum atomic E-state index is 16.6. The third-order valence-corrected chi connectivity index (χ3v) is 12.2. The van der Waals surface area contributed by atoms with Crippen molar-refractivity contribution in [2.75, 3.05) is 51.8 Å². The number of nitrogens with zero attached hydrogens (tertiary/aromatic N) is 5. The molecule has 6 rings (SSSR count). The second-order valence-corrected chi connectivity index (χ2v) is 15.9. The Labute approximate surface area is 285 Å². The van der Waals surface area contributed by atoms with Gasteiger partial charge in [0.2, 0.25) is 0 Å². The number of hydrogen-bond acceptors (Lipinski definition) is 8. The molecule has 5 heterocycles. The standard InChI is InChI=1S/C37H56F2N6O3/c1-22(2)25(5)23(3)9-10-24(4)31-30(38)17-29-33(32(31)39)41-35(42-34(29)44-18-26-11-12-27(19-44)40-26)48-21-37-14-8-16-45(37)28(13-15-37)20-47-36(46)43(6)7/h17,22-28,40H,8-16,18-21H2,1-7H3/t23-,24-,25+,26?,27?,28?,37?/m0/s1. The summed E-state index contributed by atoms with van der Waals surface area (Å²) in [7, 11) is 3.37. The average Bonchev–Trinajstić information content (AvgIpc) is 3.73. The molecule has 0 spiro atoms. The van der Waals surface area contributed by atoms with Crippen LogP contribution in [0.1, 0.15) is 97.5 Å². The number of aromatic nitrogens is 2. The van der Waals surface area contributed by atoms with E-state index in [1.165, 1.54) is 11.0 Å². The zero-order chi connectivity index (χ0) is 34.3. The molecule has 2 bridgehead atoms. The third-order valence-electron chi connectivity index (χ3n) is 12.2. The molecule has 11 heteroatoms. The first-order valence-electron chi connectivity index (χ1n) is 18.3. The number of fused-ring (bicyclic) bond motifs is 4. The molecule has 7 atom stereocenters. The largest absolute Gasteiger partial charge is 0.461 e. The van der Waals surface area contributed by atoms with Crippen LogP contribution in [0.5, 0.6) is 6.01 Å². The number of hydrogen-bond donors (Lipinski definition) is 1. The van der Waals surface area contributed by atoms with E-state index in [4.69, 9.17) is 14.5 Å². The molecule has 266 valence electrons. The monoisotopic (exact) mass is 670 g/mol. The lowest BCUT2D eigenvalue weighted by Gasteiger charge is -2.35. The molecule has 1 aromatic carbocycles. The second kappa shape index (κ2) is 14.2. The Hall–Kier alpha value is -2.79. The van der Waals surface area contributed by atoms with Gasteiger partial charge < -0.3 is 24.6 Å². The van der Waals surface area contributed by atoms with Crippen LogP contribution < -0.4 is 15.0 Å². The van der Waals surface area contributed by atoms with Crippen molar-refractivity contribution < 1.29 is 23.0 Å². The lowest BCUT2D eigenvalue weighted by Crippen LogP contribution is -2.51. The molecule has 4 saturated heterocycles. The number of carbonyl (C=O) groups is 1. The summed E-state index contributed by atoms with van der Waals surface area (Å²) in [5.41, 5.74) is 0.0230. The van der Waals surface area contributed by atoms with Crippen LogP contribution in [0.15, 0.2) is 6.07 Å². The number of nitrogens with one attached hydrogen (secondary N) is 1. The minimum absolute atomic E-state index is 0.106. The maximum absolute atomic E-state index is 16.6. The third kappa shape index (κ3) is 6.96. The van der Waals surface area contributed by atoms with Crippen LogP contribution in [0.25, 0.3) is 10.9 Å². The number of carbonyl (C=O) groups excluding carboxylic acids is 1. The highest BCUT2D eigenvalue weighted by atomic mass is 19.1. The van der Waals surface area contributed by atoms with E-state index in [1.54, 1.807) is 14.1 Å². The van der Waals surface area contributed by atoms with E-state index in [0.717, 1.165) is 64.6 Å². The molecule has 2 aromatic rings. The molecule has 0 radical (unpaired) electrons. The molecule has 0 saturated carbocycles. The zero-order valence-corrected chi connectivity index (χ0v) is 30.0. The lowest BCUT2D eigenvalue weighted by molar-refractivity contribution is 0.0484. The Kier molecular flexibility index (Phi) is 10.4. The first kappa shape index (κ1) is 35.1. The normalized spacial score (nSPS) is 27.4. The van der Waals surface area contributed by atoms with Crippen LogP contribution in [0.3, 0.4) is 0 Å². The number of halogens is 2. The van der Waals surface area contributed by atoms with Gasteiger partial charge in [-0.2, -0.15) is 9.97 Å². The Morgan fingerprint density at radius 3 is 2.48 bits per heavy atom. The van der Waals surface area contributed by atoms with E-state index in [1.807, 2.05) is 6.92 Å². The molecule has 4 fully saturated rings. The Morgan fingerprint density at radius 1 is 1.06 bits per heavy atom. The van der Waals surface area contributed by atoms with Crippen LogP contribution in [0.4, 0.5) is 19.4 Å². The van der Waals surface area contributed by atoms with E-state index < -0.39 is 11.6 Å². The highest BCUT2D eigenvalue weighted by Crippen LogP contribution is 2.43. The quantitative estimate of drug-likeness (QED) is 0.266. The van der Waals surface area contributed by atoms with Gasteiger partial charge in [0.05, 0.1) is 5.54 Å². The molecule has 4 aliphatic rings. The first-order chi connectivity index (χ1) is 22.9. The minimum Gasteiger partial charge on any atom is -0.461 e. The van der Waals surface area contributed by atoms with Gasteiger partial charge >= 0.3 is 12.1 Å². The lowest BCUT2D eigenvalue weighted by atomic mass is 9.81. The SMILES string of the molecule is CC(C)[C@@H](C)[C@@H](C)CC[C@H](C)c1c(F)cc2c(N3CC4CCC(C3)N4)nc(OCC34CCCN3C(COC(=O)N(C)C)CC4)nc2c1F. The van der Waals surface area contributed by atoms with Gasteiger partial charge in [0, 0.05) is 56.3 Å². The molecule has 1 N–H and O–H groups in total. The smallest absolute Gasteiger partial charge is 0.409 e. The van der Waals surface area contributed by atoms with Gasteiger partial charge in [-0.3, -0.25) is 4.90 Å². The van der Waals surface area contributed by atoms with Crippen LogP contribution in [0.2, 0.25) is 0 Å². The summed E-state index contributed by atoms with van der Waals surface area (Å²) in [5, 5.41) is 4.05. The van der Waals surface area contributed by atoms with Crippen molar-refractivity contribution in [1.82, 2.24) is 25.1 Å². The predicted octanol–water partition coefficient (Wildman–Crippen LogP) is 6.73. The summed E-state index contributed by atoms with van der Waals surface area (Å²) in [6.07, 6.45) is 7.22. The number of rotatable bonds is 12. The van der Waals surface area contributed by atoms with Gasteiger partial charge in [-0.05, 0) is 87.6 Å². The maximum Gasteiger partial charge on any atom is 0.409 e. The van der Waals surface area contributed by atoms with Gasteiger partial charge in [0.1, 0.15) is 30.4 Å².